The Morgan fingerprint density at radius 1 is 1.44 bits per heavy atom. The third kappa shape index (κ3) is 3.89. The third-order valence-electron chi connectivity index (χ3n) is 2.77. The normalized spacial score (nSPS) is 12.6. The summed E-state index contributed by atoms with van der Waals surface area (Å²) >= 11 is 1.88. The number of thioether (sulfide) groups is 1. The Morgan fingerprint density at radius 3 is 3.06 bits per heavy atom. The topological polar surface area (TPSA) is 43.8 Å². The number of benzene rings is 1. The fraction of sp³-hybridized carbons (Fsp3) is 0.357. The van der Waals surface area contributed by atoms with Crippen LogP contribution in [0, 0.1) is 0 Å². The number of nitrogens with zero attached hydrogens (tertiary/aromatic N) is 2. The highest BCUT2D eigenvalue weighted by molar-refractivity contribution is 7.99. The van der Waals surface area contributed by atoms with Gasteiger partial charge in [0.05, 0.1) is 6.33 Å². The third-order valence-corrected chi connectivity index (χ3v) is 3.85. The van der Waals surface area contributed by atoms with E-state index in [1.54, 1.807) is 0 Å². The highest BCUT2D eigenvalue weighted by atomic mass is 32.2. The lowest BCUT2D eigenvalue weighted by Gasteiger charge is -2.08. The maximum absolute atomic E-state index is 5.88. The minimum atomic E-state index is 0.108. The number of aromatic nitrogens is 2. The molecule has 1 unspecified atom stereocenters. The van der Waals surface area contributed by atoms with E-state index in [2.05, 4.69) is 33.8 Å². The Morgan fingerprint density at radius 2 is 2.33 bits per heavy atom. The predicted molar refractivity (Wildman–Crippen MR) is 76.6 cm³/mol. The van der Waals surface area contributed by atoms with Crippen LogP contribution in [-0.4, -0.2) is 15.3 Å². The monoisotopic (exact) mass is 261 g/mol. The van der Waals surface area contributed by atoms with Crippen LogP contribution in [0.3, 0.4) is 0 Å². The van der Waals surface area contributed by atoms with Gasteiger partial charge in [0.2, 0.25) is 0 Å². The number of rotatable bonds is 6. The molecule has 0 bridgehead atoms. The lowest BCUT2D eigenvalue weighted by atomic mass is 10.1. The summed E-state index contributed by atoms with van der Waals surface area (Å²) in [4.78, 5) is 5.33. The molecule has 1 atom stereocenters. The van der Waals surface area contributed by atoms with Gasteiger partial charge in [0.25, 0.3) is 0 Å². The Bertz CT molecular complexity index is 466. The molecule has 2 N–H and O–H groups in total. The van der Waals surface area contributed by atoms with Crippen molar-refractivity contribution in [3.63, 3.8) is 0 Å². The van der Waals surface area contributed by atoms with Crippen molar-refractivity contribution in [3.05, 3.63) is 48.5 Å². The largest absolute Gasteiger partial charge is 0.337 e. The van der Waals surface area contributed by atoms with Crippen molar-refractivity contribution in [2.45, 2.75) is 30.8 Å². The fourth-order valence-electron chi connectivity index (χ4n) is 1.74. The van der Waals surface area contributed by atoms with Crippen LogP contribution in [0.1, 0.15) is 24.9 Å². The molecule has 0 aliphatic rings. The van der Waals surface area contributed by atoms with Gasteiger partial charge in [0.1, 0.15) is 0 Å². The minimum Gasteiger partial charge on any atom is -0.337 e. The standard InChI is InChI=1S/C14H19N3S/c1-12(15)13-4-2-5-14(10-13)18-9-3-7-17-8-6-16-11-17/h2,4-6,8,10-12H,3,7,9,15H2,1H3. The van der Waals surface area contributed by atoms with E-state index in [-0.39, 0.29) is 6.04 Å². The summed E-state index contributed by atoms with van der Waals surface area (Å²) in [6, 6.07) is 8.61. The number of aryl methyl sites for hydroxylation is 1. The molecule has 0 aliphatic carbocycles. The molecule has 0 aliphatic heterocycles. The molecule has 2 rings (SSSR count). The summed E-state index contributed by atoms with van der Waals surface area (Å²) < 4.78 is 2.11. The Balaban J connectivity index is 1.78. The van der Waals surface area contributed by atoms with Crippen LogP contribution >= 0.6 is 11.8 Å². The Labute approximate surface area is 112 Å². The molecule has 1 heterocycles. The molecule has 18 heavy (non-hydrogen) atoms. The molecule has 4 heteroatoms. The van der Waals surface area contributed by atoms with Gasteiger partial charge in [-0.05, 0) is 36.8 Å². The first-order valence-corrected chi connectivity index (χ1v) is 7.18. The van der Waals surface area contributed by atoms with E-state index in [1.165, 1.54) is 10.5 Å². The van der Waals surface area contributed by atoms with Crippen LogP contribution in [0.15, 0.2) is 47.9 Å². The predicted octanol–water partition coefficient (Wildman–Crippen LogP) is 3.09. The molecule has 0 radical (unpaired) electrons. The second-order valence-corrected chi connectivity index (χ2v) is 5.53. The summed E-state index contributed by atoms with van der Waals surface area (Å²) in [5.74, 6) is 1.11. The number of hydrogen-bond donors (Lipinski definition) is 1. The van der Waals surface area contributed by atoms with E-state index in [0.717, 1.165) is 18.7 Å². The van der Waals surface area contributed by atoms with E-state index in [1.807, 2.05) is 37.4 Å². The molecule has 2 aromatic rings. The number of imidazole rings is 1. The molecule has 1 aromatic heterocycles. The maximum atomic E-state index is 5.88. The Kier molecular flexibility index (Phi) is 4.84. The van der Waals surface area contributed by atoms with Crippen LogP contribution in [0.25, 0.3) is 0 Å². The quantitative estimate of drug-likeness (QED) is 0.642. The van der Waals surface area contributed by atoms with Gasteiger partial charge in [0.15, 0.2) is 0 Å². The molecule has 0 amide bonds. The fourth-order valence-corrected chi connectivity index (χ4v) is 2.65. The van der Waals surface area contributed by atoms with E-state index in [0.29, 0.717) is 0 Å². The van der Waals surface area contributed by atoms with E-state index >= 15 is 0 Å². The smallest absolute Gasteiger partial charge is 0.0945 e. The molecule has 0 fully saturated rings. The molecule has 3 nitrogen and oxygen atoms in total. The Hall–Kier alpha value is -1.26. The van der Waals surface area contributed by atoms with Gasteiger partial charge in [-0.3, -0.25) is 0 Å². The molecular formula is C14H19N3S. The van der Waals surface area contributed by atoms with Gasteiger partial charge in [-0.15, -0.1) is 11.8 Å². The molecule has 96 valence electrons. The zero-order valence-electron chi connectivity index (χ0n) is 10.6. The molecule has 1 aromatic carbocycles. The zero-order chi connectivity index (χ0) is 12.8. The van der Waals surface area contributed by atoms with Crippen molar-refractivity contribution < 1.29 is 0 Å². The van der Waals surface area contributed by atoms with Gasteiger partial charge in [-0.2, -0.15) is 0 Å². The zero-order valence-corrected chi connectivity index (χ0v) is 11.4. The average Bonchev–Trinajstić information content (AvgIpc) is 2.88. The van der Waals surface area contributed by atoms with Crippen molar-refractivity contribution in [2.24, 2.45) is 5.73 Å². The highest BCUT2D eigenvalue weighted by Gasteiger charge is 2.01. The van der Waals surface area contributed by atoms with Gasteiger partial charge >= 0.3 is 0 Å². The van der Waals surface area contributed by atoms with Crippen LogP contribution in [-0.2, 0) is 6.54 Å². The number of nitrogens with two attached hydrogens (primary N) is 1. The van der Waals surface area contributed by atoms with Gasteiger partial charge in [0, 0.05) is 29.9 Å². The summed E-state index contributed by atoms with van der Waals surface area (Å²) in [5.41, 5.74) is 7.09. The first-order valence-electron chi connectivity index (χ1n) is 6.20. The highest BCUT2D eigenvalue weighted by Crippen LogP contribution is 2.22. The molecular weight excluding hydrogens is 242 g/mol. The van der Waals surface area contributed by atoms with Crippen molar-refractivity contribution in [1.82, 2.24) is 9.55 Å². The van der Waals surface area contributed by atoms with Gasteiger partial charge < -0.3 is 10.3 Å². The summed E-state index contributed by atoms with van der Waals surface area (Å²) in [6.07, 6.45) is 6.82. The molecule has 0 saturated carbocycles. The van der Waals surface area contributed by atoms with Gasteiger partial charge in [-0.25, -0.2) is 4.98 Å². The second kappa shape index (κ2) is 6.61. The minimum absolute atomic E-state index is 0.108. The van der Waals surface area contributed by atoms with Crippen molar-refractivity contribution in [3.8, 4) is 0 Å². The van der Waals surface area contributed by atoms with Crippen molar-refractivity contribution >= 4 is 11.8 Å². The summed E-state index contributed by atoms with van der Waals surface area (Å²) in [5, 5.41) is 0. The second-order valence-electron chi connectivity index (χ2n) is 4.36. The van der Waals surface area contributed by atoms with Crippen molar-refractivity contribution in [2.75, 3.05) is 5.75 Å². The molecule has 0 saturated heterocycles. The lowest BCUT2D eigenvalue weighted by Crippen LogP contribution is -2.04. The SMILES string of the molecule is CC(N)c1cccc(SCCCn2ccnc2)c1. The van der Waals surface area contributed by atoms with Crippen LogP contribution in [0.4, 0.5) is 0 Å². The first-order chi connectivity index (χ1) is 8.75. The average molecular weight is 261 g/mol. The van der Waals surface area contributed by atoms with Gasteiger partial charge in [-0.1, -0.05) is 12.1 Å². The summed E-state index contributed by atoms with van der Waals surface area (Å²) in [7, 11) is 0. The van der Waals surface area contributed by atoms with E-state index in [9.17, 15) is 0 Å². The van der Waals surface area contributed by atoms with E-state index < -0.39 is 0 Å². The maximum Gasteiger partial charge on any atom is 0.0945 e. The van der Waals surface area contributed by atoms with Crippen LogP contribution in [0.2, 0.25) is 0 Å². The van der Waals surface area contributed by atoms with Crippen molar-refractivity contribution in [1.29, 1.82) is 0 Å². The van der Waals surface area contributed by atoms with Crippen LogP contribution in [0.5, 0.6) is 0 Å². The number of hydrogen-bond acceptors (Lipinski definition) is 3. The lowest BCUT2D eigenvalue weighted by molar-refractivity contribution is 0.683. The summed E-state index contributed by atoms with van der Waals surface area (Å²) in [6.45, 7) is 3.04. The van der Waals surface area contributed by atoms with E-state index in [4.69, 9.17) is 5.73 Å². The van der Waals surface area contributed by atoms with Crippen LogP contribution < -0.4 is 5.73 Å². The first kappa shape index (κ1) is 13.2. The molecule has 0 spiro atoms.